The molecule has 0 spiro atoms. The molecule has 0 saturated carbocycles. The van der Waals surface area contributed by atoms with Crippen molar-refractivity contribution in [2.45, 2.75) is 26.2 Å². The van der Waals surface area contributed by atoms with Crippen molar-refractivity contribution in [3.8, 4) is 0 Å². The van der Waals surface area contributed by atoms with Crippen molar-refractivity contribution < 1.29 is 0 Å². The van der Waals surface area contributed by atoms with Crippen molar-refractivity contribution in [1.82, 2.24) is 0 Å². The van der Waals surface area contributed by atoms with E-state index >= 15 is 0 Å². The van der Waals surface area contributed by atoms with Gasteiger partial charge in [-0.2, -0.15) is 0 Å². The molecule has 1 aromatic rings. The number of hydrogen-bond donors (Lipinski definition) is 0. The van der Waals surface area contributed by atoms with Crippen molar-refractivity contribution in [3.63, 3.8) is 0 Å². The smallest absolute Gasteiger partial charge is 0.0276 e. The summed E-state index contributed by atoms with van der Waals surface area (Å²) in [5.74, 6) is 0. The Balaban J connectivity index is 2.29. The Morgan fingerprint density at radius 1 is 1.25 bits per heavy atom. The second-order valence-electron chi connectivity index (χ2n) is 3.19. The van der Waals surface area contributed by atoms with Crippen molar-refractivity contribution in [2.24, 2.45) is 0 Å². The number of aryl methyl sites for hydroxylation is 1. The summed E-state index contributed by atoms with van der Waals surface area (Å²) in [5.41, 5.74) is 2.43. The molecule has 0 nitrogen and oxygen atoms in total. The topological polar surface area (TPSA) is 0 Å². The predicted molar refractivity (Wildman–Crippen MR) is 52.9 cm³/mol. The van der Waals surface area contributed by atoms with E-state index in [2.05, 4.69) is 24.3 Å². The molecule has 0 N–H and O–H groups in total. The highest BCUT2D eigenvalue weighted by Gasteiger charge is 1.91. The summed E-state index contributed by atoms with van der Waals surface area (Å²) in [4.78, 5) is 0. The van der Waals surface area contributed by atoms with E-state index in [1.165, 1.54) is 5.56 Å². The Bertz CT molecular complexity index is 233. The van der Waals surface area contributed by atoms with E-state index in [1.807, 2.05) is 13.0 Å². The largest absolute Gasteiger partial charge is 0.0733 e. The van der Waals surface area contributed by atoms with Gasteiger partial charge in [-0.25, -0.2) is 0 Å². The van der Waals surface area contributed by atoms with Crippen LogP contribution >= 0.6 is 0 Å². The molecule has 0 aliphatic carbocycles. The third-order valence-corrected chi connectivity index (χ3v) is 1.88. The fraction of sp³-hybridized carbons (Fsp3) is 0.333. The molecule has 0 atom stereocenters. The molecule has 0 fully saturated rings. The van der Waals surface area contributed by atoms with Crippen molar-refractivity contribution in [2.75, 3.05) is 0 Å². The molecule has 1 radical (unpaired) electrons. The van der Waals surface area contributed by atoms with Gasteiger partial charge >= 0.3 is 0 Å². The number of rotatable bonds is 4. The van der Waals surface area contributed by atoms with E-state index in [0.29, 0.717) is 0 Å². The molecule has 0 aromatic heterocycles. The molecule has 0 bridgehead atoms. The highest BCUT2D eigenvalue weighted by atomic mass is 14.0. The van der Waals surface area contributed by atoms with E-state index in [0.717, 1.165) is 24.8 Å². The van der Waals surface area contributed by atoms with Gasteiger partial charge in [0.15, 0.2) is 0 Å². The molecule has 0 saturated heterocycles. The van der Waals surface area contributed by atoms with Crippen LogP contribution < -0.4 is 0 Å². The van der Waals surface area contributed by atoms with Crippen LogP contribution in [0.25, 0.3) is 0 Å². The predicted octanol–water partition coefficient (Wildman–Crippen LogP) is 3.39. The highest BCUT2D eigenvalue weighted by molar-refractivity contribution is 5.14. The molecule has 1 aromatic carbocycles. The van der Waals surface area contributed by atoms with Crippen LogP contribution in [0.2, 0.25) is 0 Å². The van der Waals surface area contributed by atoms with Gasteiger partial charge in [-0.3, -0.25) is 0 Å². The lowest BCUT2D eigenvalue weighted by Gasteiger charge is -1.99. The zero-order chi connectivity index (χ0) is 8.81. The Labute approximate surface area is 74.9 Å². The zero-order valence-electron chi connectivity index (χ0n) is 7.59. The van der Waals surface area contributed by atoms with Gasteiger partial charge in [-0.05, 0) is 31.7 Å². The summed E-state index contributed by atoms with van der Waals surface area (Å²) in [5, 5.41) is 0. The average Bonchev–Trinajstić information content (AvgIpc) is 2.05. The zero-order valence-corrected chi connectivity index (χ0v) is 7.59. The fourth-order valence-electron chi connectivity index (χ4n) is 1.22. The first-order valence-electron chi connectivity index (χ1n) is 4.41. The van der Waals surface area contributed by atoms with Crippen LogP contribution in [0.15, 0.2) is 35.9 Å². The van der Waals surface area contributed by atoms with E-state index < -0.39 is 0 Å². The molecular weight excluding hydrogens is 144 g/mol. The minimum atomic E-state index is 1.03. The lowest BCUT2D eigenvalue weighted by Crippen LogP contribution is -1.84. The monoisotopic (exact) mass is 159 g/mol. The van der Waals surface area contributed by atoms with Gasteiger partial charge in [0.1, 0.15) is 0 Å². The van der Waals surface area contributed by atoms with Gasteiger partial charge in [0.05, 0.1) is 0 Å². The van der Waals surface area contributed by atoms with E-state index in [1.54, 1.807) is 0 Å². The number of benzene rings is 1. The maximum atomic E-state index is 5.57. The fourth-order valence-corrected chi connectivity index (χ4v) is 1.22. The lowest BCUT2D eigenvalue weighted by atomic mass is 10.1. The van der Waals surface area contributed by atoms with Gasteiger partial charge in [-0.15, -0.1) is 0 Å². The van der Waals surface area contributed by atoms with E-state index in [4.69, 9.17) is 6.58 Å². The second kappa shape index (κ2) is 4.76. The summed E-state index contributed by atoms with van der Waals surface area (Å²) in [6.07, 6.45) is 3.33. The molecular formula is C12H15. The quantitative estimate of drug-likeness (QED) is 0.631. The second-order valence-corrected chi connectivity index (χ2v) is 3.19. The highest BCUT2D eigenvalue weighted by Crippen LogP contribution is 2.07. The third-order valence-electron chi connectivity index (χ3n) is 1.88. The van der Waals surface area contributed by atoms with Crippen molar-refractivity contribution in [3.05, 3.63) is 48.0 Å². The van der Waals surface area contributed by atoms with Gasteiger partial charge in [0.2, 0.25) is 0 Å². The molecule has 0 amide bonds. The normalized spacial score (nSPS) is 9.75. The SMILES string of the molecule is [CH]=C(C)CCCc1ccccc1. The van der Waals surface area contributed by atoms with E-state index in [-0.39, 0.29) is 0 Å². The Morgan fingerprint density at radius 2 is 1.92 bits per heavy atom. The van der Waals surface area contributed by atoms with E-state index in [9.17, 15) is 0 Å². The third kappa shape index (κ3) is 3.38. The number of hydrogen-bond acceptors (Lipinski definition) is 0. The van der Waals surface area contributed by atoms with Gasteiger partial charge in [0.25, 0.3) is 0 Å². The Morgan fingerprint density at radius 3 is 2.50 bits per heavy atom. The standard InChI is InChI=1S/C12H15/c1-11(2)7-6-10-12-8-4-3-5-9-12/h1,3-5,8-9H,6-7,10H2,2H3. The van der Waals surface area contributed by atoms with Crippen LogP contribution in [-0.2, 0) is 6.42 Å². The van der Waals surface area contributed by atoms with Crippen LogP contribution in [0.4, 0.5) is 0 Å². The minimum absolute atomic E-state index is 1.03. The summed E-state index contributed by atoms with van der Waals surface area (Å²) in [7, 11) is 0. The van der Waals surface area contributed by atoms with Gasteiger partial charge < -0.3 is 0 Å². The van der Waals surface area contributed by atoms with Crippen LogP contribution in [0.3, 0.4) is 0 Å². The summed E-state index contributed by atoms with van der Waals surface area (Å²) in [6.45, 7) is 7.55. The lowest BCUT2D eigenvalue weighted by molar-refractivity contribution is 0.812. The van der Waals surface area contributed by atoms with Crippen LogP contribution in [0.5, 0.6) is 0 Å². The summed E-state index contributed by atoms with van der Waals surface area (Å²) < 4.78 is 0. The molecule has 63 valence electrons. The maximum Gasteiger partial charge on any atom is -0.0276 e. The van der Waals surface area contributed by atoms with Crippen molar-refractivity contribution in [1.29, 1.82) is 0 Å². The first-order chi connectivity index (χ1) is 5.79. The number of allylic oxidation sites excluding steroid dienone is 1. The molecule has 0 unspecified atom stereocenters. The molecule has 0 heteroatoms. The van der Waals surface area contributed by atoms with Crippen LogP contribution in [0, 0.1) is 6.58 Å². The first kappa shape index (κ1) is 9.05. The minimum Gasteiger partial charge on any atom is -0.0733 e. The Kier molecular flexibility index (Phi) is 3.59. The average molecular weight is 159 g/mol. The van der Waals surface area contributed by atoms with Gasteiger partial charge in [0, 0.05) is 0 Å². The summed E-state index contributed by atoms with van der Waals surface area (Å²) in [6, 6.07) is 10.5. The van der Waals surface area contributed by atoms with Gasteiger partial charge in [-0.1, -0.05) is 42.5 Å². The molecule has 12 heavy (non-hydrogen) atoms. The van der Waals surface area contributed by atoms with Crippen LogP contribution in [0.1, 0.15) is 25.3 Å². The summed E-state index contributed by atoms with van der Waals surface area (Å²) >= 11 is 0. The van der Waals surface area contributed by atoms with Crippen LogP contribution in [-0.4, -0.2) is 0 Å². The molecule has 0 aliphatic heterocycles. The van der Waals surface area contributed by atoms with Crippen molar-refractivity contribution >= 4 is 0 Å². The Hall–Kier alpha value is -1.04. The molecule has 0 aliphatic rings. The molecule has 1 rings (SSSR count). The maximum absolute atomic E-state index is 5.57. The molecule has 0 heterocycles. The first-order valence-corrected chi connectivity index (χ1v) is 4.41.